The molecule has 0 spiro atoms. The lowest BCUT2D eigenvalue weighted by Gasteiger charge is -2.37. The Kier molecular flexibility index (Phi) is 7.13. The Hall–Kier alpha value is -2.83. The summed E-state index contributed by atoms with van der Waals surface area (Å²) in [5.74, 6) is 0.815. The molecule has 0 aliphatic carbocycles. The summed E-state index contributed by atoms with van der Waals surface area (Å²) in [5.41, 5.74) is 3.72. The zero-order valence-electron chi connectivity index (χ0n) is 17.2. The number of piperazine rings is 1. The molecule has 0 saturated carbocycles. The van der Waals surface area contributed by atoms with Gasteiger partial charge in [-0.2, -0.15) is 5.10 Å². The van der Waals surface area contributed by atoms with Crippen LogP contribution in [0, 0.1) is 6.92 Å². The van der Waals surface area contributed by atoms with Crippen LogP contribution in [0.4, 0.5) is 0 Å². The molecule has 1 unspecified atom stereocenters. The number of methoxy groups -OCH3 is 1. The zero-order valence-corrected chi connectivity index (χ0v) is 18.1. The molecule has 6 nitrogen and oxygen atoms in total. The number of benzene rings is 2. The van der Waals surface area contributed by atoms with Gasteiger partial charge in [0, 0.05) is 30.9 Å². The first-order valence-corrected chi connectivity index (χ1v) is 9.90. The molecule has 4 rings (SSSR count). The Bertz CT molecular complexity index is 990. The average Bonchev–Trinajstić information content (AvgIpc) is 3.14. The van der Waals surface area contributed by atoms with E-state index in [2.05, 4.69) is 22.5 Å². The van der Waals surface area contributed by atoms with Gasteiger partial charge >= 0.3 is 0 Å². The van der Waals surface area contributed by atoms with Crippen molar-refractivity contribution in [3.63, 3.8) is 0 Å². The number of nitrogens with zero attached hydrogens (tertiary/aromatic N) is 3. The molecule has 0 radical (unpaired) electrons. The van der Waals surface area contributed by atoms with Gasteiger partial charge in [-0.25, -0.2) is 0 Å². The standard InChI is InChI=1S/C23H26N4O2.ClH/c1-17-20(14-25-27(17)16-18-8-4-3-5-9-18)23(28)26-13-12-24-15-21(26)19-10-6-7-11-22(19)29-2;/h3-11,14,21,24H,12-13,15-16H2,1-2H3;1H. The van der Waals surface area contributed by atoms with E-state index in [-0.39, 0.29) is 24.4 Å². The number of halogens is 1. The number of para-hydroxylation sites is 1. The normalized spacial score (nSPS) is 16.1. The highest BCUT2D eigenvalue weighted by Crippen LogP contribution is 2.31. The minimum Gasteiger partial charge on any atom is -0.496 e. The largest absolute Gasteiger partial charge is 0.496 e. The van der Waals surface area contributed by atoms with Crippen LogP contribution in [0.2, 0.25) is 0 Å². The number of carbonyl (C=O) groups excluding carboxylic acids is 1. The van der Waals surface area contributed by atoms with Gasteiger partial charge in [0.1, 0.15) is 5.75 Å². The molecule has 158 valence electrons. The van der Waals surface area contributed by atoms with Gasteiger partial charge in [0.25, 0.3) is 5.91 Å². The van der Waals surface area contributed by atoms with Gasteiger partial charge in [0.2, 0.25) is 0 Å². The molecule has 1 fully saturated rings. The number of hydrogen-bond donors (Lipinski definition) is 1. The van der Waals surface area contributed by atoms with Crippen molar-refractivity contribution < 1.29 is 9.53 Å². The van der Waals surface area contributed by atoms with Crippen molar-refractivity contribution in [3.05, 3.63) is 83.2 Å². The fraction of sp³-hybridized carbons (Fsp3) is 0.304. The zero-order chi connectivity index (χ0) is 20.2. The van der Waals surface area contributed by atoms with Crippen LogP contribution in [0.15, 0.2) is 60.8 Å². The second kappa shape index (κ2) is 9.78. The first kappa shape index (κ1) is 21.9. The summed E-state index contributed by atoms with van der Waals surface area (Å²) in [6.07, 6.45) is 1.70. The molecule has 0 bridgehead atoms. The lowest BCUT2D eigenvalue weighted by molar-refractivity contribution is 0.0630. The SMILES string of the molecule is COc1ccccc1C1CNCCN1C(=O)c1cnn(Cc2ccccc2)c1C.Cl. The first-order chi connectivity index (χ1) is 14.2. The van der Waals surface area contributed by atoms with E-state index in [0.717, 1.165) is 29.1 Å². The van der Waals surface area contributed by atoms with E-state index in [1.807, 2.05) is 59.0 Å². The molecule has 3 aromatic rings. The van der Waals surface area contributed by atoms with Crippen molar-refractivity contribution in [2.75, 3.05) is 26.7 Å². The van der Waals surface area contributed by atoms with Crippen LogP contribution in [0.1, 0.15) is 33.2 Å². The monoisotopic (exact) mass is 426 g/mol. The molecule has 2 aromatic carbocycles. The summed E-state index contributed by atoms with van der Waals surface area (Å²) in [4.78, 5) is 15.4. The Morgan fingerprint density at radius 1 is 1.17 bits per heavy atom. The average molecular weight is 427 g/mol. The molecule has 1 atom stereocenters. The fourth-order valence-electron chi connectivity index (χ4n) is 3.89. The van der Waals surface area contributed by atoms with Crippen LogP contribution in [-0.4, -0.2) is 47.3 Å². The van der Waals surface area contributed by atoms with E-state index in [0.29, 0.717) is 25.2 Å². The fourth-order valence-corrected chi connectivity index (χ4v) is 3.89. The van der Waals surface area contributed by atoms with E-state index >= 15 is 0 Å². The second-order valence-electron chi connectivity index (χ2n) is 7.25. The van der Waals surface area contributed by atoms with Gasteiger partial charge in [-0.1, -0.05) is 48.5 Å². The number of ether oxygens (including phenoxy) is 1. The number of carbonyl (C=O) groups is 1. The molecule has 1 N–H and O–H groups in total. The summed E-state index contributed by atoms with van der Waals surface area (Å²) in [6.45, 7) is 4.73. The number of rotatable bonds is 5. The van der Waals surface area contributed by atoms with E-state index in [4.69, 9.17) is 4.74 Å². The van der Waals surface area contributed by atoms with Gasteiger partial charge in [0.05, 0.1) is 31.5 Å². The van der Waals surface area contributed by atoms with E-state index in [1.165, 1.54) is 0 Å². The van der Waals surface area contributed by atoms with Crippen molar-refractivity contribution in [1.82, 2.24) is 20.0 Å². The first-order valence-electron chi connectivity index (χ1n) is 9.90. The van der Waals surface area contributed by atoms with Gasteiger partial charge in [-0.05, 0) is 18.6 Å². The summed E-state index contributed by atoms with van der Waals surface area (Å²) in [5, 5.41) is 7.89. The van der Waals surface area contributed by atoms with Crippen molar-refractivity contribution in [2.24, 2.45) is 0 Å². The maximum absolute atomic E-state index is 13.5. The van der Waals surface area contributed by atoms with Crippen molar-refractivity contribution in [3.8, 4) is 5.75 Å². The molecule has 1 amide bonds. The molecule has 1 saturated heterocycles. The van der Waals surface area contributed by atoms with Crippen LogP contribution < -0.4 is 10.1 Å². The number of nitrogens with one attached hydrogen (secondary N) is 1. The number of aromatic nitrogens is 2. The Morgan fingerprint density at radius 3 is 2.67 bits per heavy atom. The van der Waals surface area contributed by atoms with E-state index < -0.39 is 0 Å². The van der Waals surface area contributed by atoms with Gasteiger partial charge in [-0.15, -0.1) is 12.4 Å². The molecular formula is C23H27ClN4O2. The summed E-state index contributed by atoms with van der Waals surface area (Å²) >= 11 is 0. The third-order valence-corrected chi connectivity index (χ3v) is 5.51. The van der Waals surface area contributed by atoms with Crippen LogP contribution >= 0.6 is 12.4 Å². The van der Waals surface area contributed by atoms with Gasteiger partial charge < -0.3 is 15.0 Å². The third-order valence-electron chi connectivity index (χ3n) is 5.51. The van der Waals surface area contributed by atoms with E-state index in [9.17, 15) is 4.79 Å². The maximum atomic E-state index is 13.5. The highest BCUT2D eigenvalue weighted by molar-refractivity contribution is 5.95. The van der Waals surface area contributed by atoms with Crippen molar-refractivity contribution in [2.45, 2.75) is 19.5 Å². The highest BCUT2D eigenvalue weighted by atomic mass is 35.5. The Labute approximate surface area is 183 Å². The molecule has 2 heterocycles. The topological polar surface area (TPSA) is 59.4 Å². The van der Waals surface area contributed by atoms with Crippen LogP contribution in [0.3, 0.4) is 0 Å². The maximum Gasteiger partial charge on any atom is 0.257 e. The summed E-state index contributed by atoms with van der Waals surface area (Å²) in [6, 6.07) is 18.0. The third kappa shape index (κ3) is 4.35. The number of amides is 1. The van der Waals surface area contributed by atoms with Crippen LogP contribution in [-0.2, 0) is 6.54 Å². The quantitative estimate of drug-likeness (QED) is 0.678. The van der Waals surface area contributed by atoms with Gasteiger partial charge in [0.15, 0.2) is 0 Å². The van der Waals surface area contributed by atoms with Gasteiger partial charge in [-0.3, -0.25) is 9.48 Å². The highest BCUT2D eigenvalue weighted by Gasteiger charge is 2.32. The van der Waals surface area contributed by atoms with Crippen molar-refractivity contribution in [1.29, 1.82) is 0 Å². The second-order valence-corrected chi connectivity index (χ2v) is 7.25. The lowest BCUT2D eigenvalue weighted by Crippen LogP contribution is -2.48. The van der Waals surface area contributed by atoms with E-state index in [1.54, 1.807) is 13.3 Å². The molecule has 30 heavy (non-hydrogen) atoms. The minimum atomic E-state index is -0.0794. The molecular weight excluding hydrogens is 400 g/mol. The number of hydrogen-bond acceptors (Lipinski definition) is 4. The smallest absolute Gasteiger partial charge is 0.257 e. The lowest BCUT2D eigenvalue weighted by atomic mass is 10.0. The predicted molar refractivity (Wildman–Crippen MR) is 119 cm³/mol. The molecule has 7 heteroatoms. The molecule has 1 aromatic heterocycles. The Morgan fingerprint density at radius 2 is 1.90 bits per heavy atom. The molecule has 1 aliphatic heterocycles. The molecule has 1 aliphatic rings. The minimum absolute atomic E-state index is 0. The Balaban J connectivity index is 0.00000256. The van der Waals surface area contributed by atoms with Crippen LogP contribution in [0.5, 0.6) is 5.75 Å². The van der Waals surface area contributed by atoms with Crippen LogP contribution in [0.25, 0.3) is 0 Å². The summed E-state index contributed by atoms with van der Waals surface area (Å²) < 4.78 is 7.44. The predicted octanol–water partition coefficient (Wildman–Crippen LogP) is 3.46. The summed E-state index contributed by atoms with van der Waals surface area (Å²) in [7, 11) is 1.67. The van der Waals surface area contributed by atoms with Crippen molar-refractivity contribution >= 4 is 18.3 Å².